The average Bonchev–Trinajstić information content (AvgIpc) is 3.06. The number of amides is 1. The summed E-state index contributed by atoms with van der Waals surface area (Å²) in [5.74, 6) is 0.451. The first-order chi connectivity index (χ1) is 11.8. The summed E-state index contributed by atoms with van der Waals surface area (Å²) in [7, 11) is 1.73. The third kappa shape index (κ3) is 5.36. The number of methoxy groups -OCH3 is 1. The minimum Gasteiger partial charge on any atom is -0.460 e. The lowest BCUT2D eigenvalue weighted by atomic mass is 10.1. The highest BCUT2D eigenvalue weighted by Gasteiger charge is 2.21. The Labute approximate surface area is 153 Å². The molecule has 0 atom stereocenters. The molecule has 1 N–H and O–H groups in total. The van der Waals surface area contributed by atoms with E-state index in [4.69, 9.17) is 13.9 Å². The van der Waals surface area contributed by atoms with Crippen molar-refractivity contribution in [3.05, 3.63) is 30.5 Å². The van der Waals surface area contributed by atoms with Gasteiger partial charge >= 0.3 is 6.09 Å². The fourth-order valence-electron chi connectivity index (χ4n) is 3.08. The van der Waals surface area contributed by atoms with E-state index in [9.17, 15) is 4.79 Å². The summed E-state index contributed by atoms with van der Waals surface area (Å²) in [5, 5.41) is 3.88. The standard InChI is InChI=1S/C18H24N2O4.ClH/c1-22-12-3-9-20-10-6-15(7-11-20)19-18(21)24-16-5-2-4-14-8-13-23-17(14)16;/h2,4-5,8,13,15H,3,6-7,9-12H2,1H3,(H,19,21);1H. The van der Waals surface area contributed by atoms with Gasteiger partial charge in [0.2, 0.25) is 0 Å². The van der Waals surface area contributed by atoms with Gasteiger partial charge in [0.05, 0.1) is 6.26 Å². The Bertz CT molecular complexity index is 668. The van der Waals surface area contributed by atoms with Crippen molar-refractivity contribution in [2.24, 2.45) is 0 Å². The monoisotopic (exact) mass is 368 g/mol. The van der Waals surface area contributed by atoms with E-state index in [0.717, 1.165) is 50.9 Å². The Kier molecular flexibility index (Phi) is 7.55. The molecule has 6 nitrogen and oxygen atoms in total. The molecule has 2 aromatic rings. The van der Waals surface area contributed by atoms with Gasteiger partial charge in [-0.15, -0.1) is 12.4 Å². The van der Waals surface area contributed by atoms with Gasteiger partial charge in [-0.3, -0.25) is 0 Å². The zero-order valence-electron chi connectivity index (χ0n) is 14.4. The van der Waals surface area contributed by atoms with E-state index in [0.29, 0.717) is 11.3 Å². The van der Waals surface area contributed by atoms with Crippen molar-refractivity contribution in [2.45, 2.75) is 25.3 Å². The molecule has 25 heavy (non-hydrogen) atoms. The number of carbonyl (C=O) groups is 1. The molecule has 1 aliphatic heterocycles. The minimum absolute atomic E-state index is 0. The maximum atomic E-state index is 12.1. The quantitative estimate of drug-likeness (QED) is 0.791. The highest BCUT2D eigenvalue weighted by molar-refractivity contribution is 5.86. The molecule has 1 amide bonds. The molecule has 0 radical (unpaired) electrons. The molecular weight excluding hydrogens is 344 g/mol. The van der Waals surface area contributed by atoms with Crippen LogP contribution in [0.25, 0.3) is 11.0 Å². The van der Waals surface area contributed by atoms with Crippen LogP contribution in [-0.2, 0) is 4.74 Å². The summed E-state index contributed by atoms with van der Waals surface area (Å²) in [6.07, 6.45) is 4.09. The highest BCUT2D eigenvalue weighted by atomic mass is 35.5. The number of likely N-dealkylation sites (tertiary alicyclic amines) is 1. The van der Waals surface area contributed by atoms with E-state index in [1.165, 1.54) is 0 Å². The normalized spacial score (nSPS) is 15.7. The highest BCUT2D eigenvalue weighted by Crippen LogP contribution is 2.26. The molecule has 1 aromatic heterocycles. The Morgan fingerprint density at radius 3 is 2.88 bits per heavy atom. The Morgan fingerprint density at radius 2 is 2.12 bits per heavy atom. The number of furan rings is 1. The van der Waals surface area contributed by atoms with Crippen molar-refractivity contribution >= 4 is 29.5 Å². The third-order valence-corrected chi connectivity index (χ3v) is 4.38. The van der Waals surface area contributed by atoms with E-state index in [1.807, 2.05) is 18.2 Å². The molecule has 0 bridgehead atoms. The predicted molar refractivity (Wildman–Crippen MR) is 98.6 cm³/mol. The second-order valence-corrected chi connectivity index (χ2v) is 6.09. The molecule has 2 heterocycles. The van der Waals surface area contributed by atoms with Crippen LogP contribution in [-0.4, -0.2) is 50.4 Å². The van der Waals surface area contributed by atoms with Crippen molar-refractivity contribution in [1.29, 1.82) is 0 Å². The van der Waals surface area contributed by atoms with Crippen molar-refractivity contribution in [3.63, 3.8) is 0 Å². The largest absolute Gasteiger partial charge is 0.460 e. The number of benzene rings is 1. The Balaban J connectivity index is 0.00000225. The van der Waals surface area contributed by atoms with Crippen molar-refractivity contribution in [3.8, 4) is 5.75 Å². The number of hydrogen-bond acceptors (Lipinski definition) is 5. The van der Waals surface area contributed by atoms with Crippen LogP contribution in [0.3, 0.4) is 0 Å². The molecule has 1 aromatic carbocycles. The van der Waals surface area contributed by atoms with Crippen LogP contribution in [0.5, 0.6) is 5.75 Å². The SMILES string of the molecule is COCCCN1CCC(NC(=O)Oc2cccc3ccoc23)CC1.Cl. The van der Waals surface area contributed by atoms with Crippen molar-refractivity contribution in [2.75, 3.05) is 33.4 Å². The van der Waals surface area contributed by atoms with Crippen molar-refractivity contribution < 1.29 is 18.7 Å². The van der Waals surface area contributed by atoms with E-state index in [-0.39, 0.29) is 18.4 Å². The van der Waals surface area contributed by atoms with Gasteiger partial charge in [0.25, 0.3) is 0 Å². The lowest BCUT2D eigenvalue weighted by Crippen LogP contribution is -2.45. The van der Waals surface area contributed by atoms with Crippen LogP contribution >= 0.6 is 12.4 Å². The molecule has 0 saturated carbocycles. The molecule has 3 rings (SSSR count). The minimum atomic E-state index is -0.420. The van der Waals surface area contributed by atoms with E-state index in [1.54, 1.807) is 19.4 Å². The van der Waals surface area contributed by atoms with Gasteiger partial charge in [0.15, 0.2) is 11.3 Å². The van der Waals surface area contributed by atoms with Gasteiger partial charge in [-0.25, -0.2) is 4.79 Å². The number of nitrogens with zero attached hydrogens (tertiary/aromatic N) is 1. The molecule has 7 heteroatoms. The Hall–Kier alpha value is -1.76. The van der Waals surface area contributed by atoms with E-state index < -0.39 is 6.09 Å². The van der Waals surface area contributed by atoms with Gasteiger partial charge in [-0.1, -0.05) is 12.1 Å². The van der Waals surface area contributed by atoms with Crippen molar-refractivity contribution in [1.82, 2.24) is 10.2 Å². The number of hydrogen-bond donors (Lipinski definition) is 1. The third-order valence-electron chi connectivity index (χ3n) is 4.38. The number of carbonyl (C=O) groups excluding carboxylic acids is 1. The topological polar surface area (TPSA) is 63.9 Å². The van der Waals surface area contributed by atoms with Gasteiger partial charge in [-0.05, 0) is 31.4 Å². The lowest BCUT2D eigenvalue weighted by Gasteiger charge is -2.31. The zero-order valence-corrected chi connectivity index (χ0v) is 15.2. The smallest absolute Gasteiger partial charge is 0.412 e. The molecule has 0 spiro atoms. The number of fused-ring (bicyclic) bond motifs is 1. The number of ether oxygens (including phenoxy) is 2. The summed E-state index contributed by atoms with van der Waals surface area (Å²) in [5.41, 5.74) is 0.598. The van der Waals surface area contributed by atoms with Crippen LogP contribution < -0.4 is 10.1 Å². The Morgan fingerprint density at radius 1 is 1.32 bits per heavy atom. The van der Waals surface area contributed by atoms with Crippen LogP contribution in [0.4, 0.5) is 4.79 Å². The number of halogens is 1. The second kappa shape index (κ2) is 9.65. The molecule has 1 fully saturated rings. The predicted octanol–water partition coefficient (Wildman–Crippen LogP) is 3.44. The average molecular weight is 369 g/mol. The number of nitrogens with one attached hydrogen (secondary N) is 1. The number of para-hydroxylation sites is 1. The fraction of sp³-hybridized carbons (Fsp3) is 0.500. The summed E-state index contributed by atoms with van der Waals surface area (Å²) >= 11 is 0. The number of rotatable bonds is 6. The summed E-state index contributed by atoms with van der Waals surface area (Å²) in [6.45, 7) is 3.82. The molecular formula is C18H25ClN2O4. The molecule has 1 saturated heterocycles. The first-order valence-corrected chi connectivity index (χ1v) is 8.42. The maximum Gasteiger partial charge on any atom is 0.412 e. The molecule has 0 unspecified atom stereocenters. The van der Waals surface area contributed by atoms with Gasteiger partial charge in [0, 0.05) is 44.8 Å². The van der Waals surface area contributed by atoms with Crippen LogP contribution in [0.1, 0.15) is 19.3 Å². The fourth-order valence-corrected chi connectivity index (χ4v) is 3.08. The van der Waals surface area contributed by atoms with Crippen LogP contribution in [0.2, 0.25) is 0 Å². The van der Waals surface area contributed by atoms with E-state index >= 15 is 0 Å². The zero-order chi connectivity index (χ0) is 16.8. The summed E-state index contributed by atoms with van der Waals surface area (Å²) in [4.78, 5) is 14.5. The first-order valence-electron chi connectivity index (χ1n) is 8.42. The first kappa shape index (κ1) is 19.6. The van der Waals surface area contributed by atoms with Gasteiger partial charge < -0.3 is 24.1 Å². The van der Waals surface area contributed by atoms with Crippen LogP contribution in [0.15, 0.2) is 34.9 Å². The molecule has 138 valence electrons. The maximum absolute atomic E-state index is 12.1. The van der Waals surface area contributed by atoms with E-state index in [2.05, 4.69) is 10.2 Å². The number of piperidine rings is 1. The molecule has 1 aliphatic rings. The second-order valence-electron chi connectivity index (χ2n) is 6.09. The lowest BCUT2D eigenvalue weighted by molar-refractivity contribution is 0.149. The van der Waals surface area contributed by atoms with Gasteiger partial charge in [0.1, 0.15) is 0 Å². The molecule has 0 aliphatic carbocycles. The van der Waals surface area contributed by atoms with Gasteiger partial charge in [-0.2, -0.15) is 0 Å². The summed E-state index contributed by atoms with van der Waals surface area (Å²) in [6, 6.07) is 7.51. The summed E-state index contributed by atoms with van der Waals surface area (Å²) < 4.78 is 15.9. The van der Waals surface area contributed by atoms with Crippen LogP contribution in [0, 0.1) is 0 Å².